The molecule has 1 aromatic carbocycles. The zero-order valence-corrected chi connectivity index (χ0v) is 9.84. The fraction of sp³-hybridized carbons (Fsp3) is 0.0714. The first-order valence-corrected chi connectivity index (χ1v) is 5.58. The summed E-state index contributed by atoms with van der Waals surface area (Å²) in [6.45, 7) is 3.97. The van der Waals surface area contributed by atoms with E-state index in [9.17, 15) is 4.79 Å². The number of carbonyl (C=O) groups excluding carboxylic acids is 1. The molecule has 0 unspecified atom stereocenters. The summed E-state index contributed by atoms with van der Waals surface area (Å²) in [5, 5.41) is 2.65. The Labute approximate surface area is 105 Å². The normalized spacial score (nSPS) is 10.7. The van der Waals surface area contributed by atoms with Crippen LogP contribution in [0.1, 0.15) is 5.69 Å². The summed E-state index contributed by atoms with van der Waals surface area (Å²) in [7, 11) is 0. The second kappa shape index (κ2) is 5.72. The van der Waals surface area contributed by atoms with Gasteiger partial charge < -0.3 is 5.32 Å². The minimum absolute atomic E-state index is 0.176. The second-order valence-electron chi connectivity index (χ2n) is 3.65. The SMILES string of the molecule is C=CCNC(=O)/C=C/c1cnc2ccccc2n1. The number of nitrogens with zero attached hydrogens (tertiary/aromatic N) is 2. The van der Waals surface area contributed by atoms with Crippen LogP contribution in [0.3, 0.4) is 0 Å². The lowest BCUT2D eigenvalue weighted by Gasteiger charge is -1.98. The molecule has 0 saturated heterocycles. The monoisotopic (exact) mass is 239 g/mol. The van der Waals surface area contributed by atoms with Gasteiger partial charge in [0, 0.05) is 12.6 Å². The molecule has 4 heteroatoms. The van der Waals surface area contributed by atoms with Crippen molar-refractivity contribution in [2.45, 2.75) is 0 Å². The molecule has 1 N–H and O–H groups in total. The standard InChI is InChI=1S/C14H13N3O/c1-2-9-15-14(18)8-7-11-10-16-12-5-3-4-6-13(12)17-11/h2-8,10H,1,9H2,(H,15,18)/b8-7+. The van der Waals surface area contributed by atoms with Crippen molar-refractivity contribution in [3.05, 3.63) is 54.9 Å². The third-order valence-corrected chi connectivity index (χ3v) is 2.29. The van der Waals surface area contributed by atoms with Crippen LogP contribution in [0.15, 0.2) is 49.2 Å². The summed E-state index contributed by atoms with van der Waals surface area (Å²) in [4.78, 5) is 20.0. The van der Waals surface area contributed by atoms with Gasteiger partial charge in [-0.3, -0.25) is 9.78 Å². The van der Waals surface area contributed by atoms with Gasteiger partial charge in [-0.05, 0) is 18.2 Å². The summed E-state index contributed by atoms with van der Waals surface area (Å²) in [5.41, 5.74) is 2.30. The van der Waals surface area contributed by atoms with Gasteiger partial charge in [0.1, 0.15) is 0 Å². The van der Waals surface area contributed by atoms with E-state index in [2.05, 4.69) is 21.9 Å². The van der Waals surface area contributed by atoms with Crippen molar-refractivity contribution in [1.29, 1.82) is 0 Å². The molecule has 1 aromatic heterocycles. The predicted molar refractivity (Wildman–Crippen MR) is 71.8 cm³/mol. The smallest absolute Gasteiger partial charge is 0.244 e. The summed E-state index contributed by atoms with van der Waals surface area (Å²) >= 11 is 0. The van der Waals surface area contributed by atoms with E-state index in [1.54, 1.807) is 18.3 Å². The molecule has 0 aliphatic rings. The van der Waals surface area contributed by atoms with Crippen molar-refractivity contribution in [1.82, 2.24) is 15.3 Å². The van der Waals surface area contributed by atoms with Crippen LogP contribution in [0.2, 0.25) is 0 Å². The summed E-state index contributed by atoms with van der Waals surface area (Å²) in [5.74, 6) is -0.176. The number of aromatic nitrogens is 2. The Kier molecular flexibility index (Phi) is 3.81. The first-order chi connectivity index (χ1) is 8.79. The molecular formula is C14H13N3O. The van der Waals surface area contributed by atoms with E-state index in [-0.39, 0.29) is 5.91 Å². The lowest BCUT2D eigenvalue weighted by Crippen LogP contribution is -2.20. The number of nitrogens with one attached hydrogen (secondary N) is 1. The second-order valence-corrected chi connectivity index (χ2v) is 3.65. The van der Waals surface area contributed by atoms with Gasteiger partial charge in [-0.2, -0.15) is 0 Å². The molecule has 2 aromatic rings. The first-order valence-electron chi connectivity index (χ1n) is 5.58. The summed E-state index contributed by atoms with van der Waals surface area (Å²) < 4.78 is 0. The number of hydrogen-bond acceptors (Lipinski definition) is 3. The van der Waals surface area contributed by atoms with E-state index in [4.69, 9.17) is 0 Å². The van der Waals surface area contributed by atoms with Crippen molar-refractivity contribution in [3.8, 4) is 0 Å². The highest BCUT2D eigenvalue weighted by Crippen LogP contribution is 2.08. The number of amides is 1. The van der Waals surface area contributed by atoms with E-state index in [0.29, 0.717) is 12.2 Å². The number of rotatable bonds is 4. The molecule has 0 aliphatic heterocycles. The molecule has 18 heavy (non-hydrogen) atoms. The van der Waals surface area contributed by atoms with Crippen molar-refractivity contribution in [2.24, 2.45) is 0 Å². The van der Waals surface area contributed by atoms with E-state index in [1.165, 1.54) is 6.08 Å². The molecule has 1 amide bonds. The van der Waals surface area contributed by atoms with Crippen molar-refractivity contribution in [2.75, 3.05) is 6.54 Å². The predicted octanol–water partition coefficient (Wildman–Crippen LogP) is 1.95. The number of benzene rings is 1. The van der Waals surface area contributed by atoms with Gasteiger partial charge >= 0.3 is 0 Å². The van der Waals surface area contributed by atoms with Crippen molar-refractivity contribution >= 4 is 23.0 Å². The molecule has 0 bridgehead atoms. The molecule has 90 valence electrons. The minimum atomic E-state index is -0.176. The first kappa shape index (κ1) is 12.0. The Bertz CT molecular complexity index is 605. The van der Waals surface area contributed by atoms with Gasteiger partial charge in [-0.25, -0.2) is 4.98 Å². The largest absolute Gasteiger partial charge is 0.349 e. The molecule has 1 heterocycles. The Morgan fingerprint density at radius 1 is 1.33 bits per heavy atom. The maximum absolute atomic E-state index is 11.3. The fourth-order valence-corrected chi connectivity index (χ4v) is 1.44. The summed E-state index contributed by atoms with van der Waals surface area (Å²) in [6, 6.07) is 7.60. The average Bonchev–Trinajstić information content (AvgIpc) is 2.42. The Balaban J connectivity index is 2.14. The van der Waals surface area contributed by atoms with Crippen LogP contribution in [0, 0.1) is 0 Å². The number of carbonyl (C=O) groups is 1. The molecule has 0 saturated carbocycles. The molecule has 4 nitrogen and oxygen atoms in total. The Morgan fingerprint density at radius 2 is 2.11 bits per heavy atom. The van der Waals surface area contributed by atoms with Gasteiger partial charge in [0.25, 0.3) is 0 Å². The quantitative estimate of drug-likeness (QED) is 0.655. The topological polar surface area (TPSA) is 54.9 Å². The highest BCUT2D eigenvalue weighted by Gasteiger charge is 1.97. The van der Waals surface area contributed by atoms with E-state index in [1.807, 2.05) is 24.3 Å². The van der Waals surface area contributed by atoms with E-state index < -0.39 is 0 Å². The maximum Gasteiger partial charge on any atom is 0.244 e. The van der Waals surface area contributed by atoms with Gasteiger partial charge in [0.2, 0.25) is 5.91 Å². The Hall–Kier alpha value is -2.49. The van der Waals surface area contributed by atoms with Crippen LogP contribution >= 0.6 is 0 Å². The highest BCUT2D eigenvalue weighted by atomic mass is 16.1. The van der Waals surface area contributed by atoms with Gasteiger partial charge in [-0.1, -0.05) is 18.2 Å². The molecule has 0 radical (unpaired) electrons. The third kappa shape index (κ3) is 3.01. The number of fused-ring (bicyclic) bond motifs is 1. The van der Waals surface area contributed by atoms with Crippen LogP contribution in [-0.4, -0.2) is 22.4 Å². The number of hydrogen-bond donors (Lipinski definition) is 1. The molecule has 0 aliphatic carbocycles. The molecule has 0 atom stereocenters. The average molecular weight is 239 g/mol. The van der Waals surface area contributed by atoms with Crippen molar-refractivity contribution in [3.63, 3.8) is 0 Å². The van der Waals surface area contributed by atoms with Gasteiger partial charge in [-0.15, -0.1) is 6.58 Å². The fourth-order valence-electron chi connectivity index (χ4n) is 1.44. The maximum atomic E-state index is 11.3. The van der Waals surface area contributed by atoms with E-state index >= 15 is 0 Å². The lowest BCUT2D eigenvalue weighted by molar-refractivity contribution is -0.116. The highest BCUT2D eigenvalue weighted by molar-refractivity contribution is 5.91. The zero-order chi connectivity index (χ0) is 12.8. The molecule has 0 fully saturated rings. The Morgan fingerprint density at radius 3 is 2.89 bits per heavy atom. The van der Waals surface area contributed by atoms with Crippen LogP contribution < -0.4 is 5.32 Å². The van der Waals surface area contributed by atoms with Crippen LogP contribution in [0.4, 0.5) is 0 Å². The van der Waals surface area contributed by atoms with Crippen LogP contribution in [-0.2, 0) is 4.79 Å². The van der Waals surface area contributed by atoms with Crippen molar-refractivity contribution < 1.29 is 4.79 Å². The lowest BCUT2D eigenvalue weighted by atomic mass is 10.3. The molecule has 2 rings (SSSR count). The minimum Gasteiger partial charge on any atom is -0.349 e. The van der Waals surface area contributed by atoms with Crippen LogP contribution in [0.25, 0.3) is 17.1 Å². The zero-order valence-electron chi connectivity index (χ0n) is 9.84. The summed E-state index contributed by atoms with van der Waals surface area (Å²) in [6.07, 6.45) is 6.33. The van der Waals surface area contributed by atoms with Gasteiger partial charge in [0.15, 0.2) is 0 Å². The van der Waals surface area contributed by atoms with E-state index in [0.717, 1.165) is 11.0 Å². The van der Waals surface area contributed by atoms with Crippen LogP contribution in [0.5, 0.6) is 0 Å². The number of para-hydroxylation sites is 2. The molecular weight excluding hydrogens is 226 g/mol. The van der Waals surface area contributed by atoms with Gasteiger partial charge in [0.05, 0.1) is 22.9 Å². The third-order valence-electron chi connectivity index (χ3n) is 2.29. The molecule has 0 spiro atoms.